The average Bonchev–Trinajstić information content (AvgIpc) is 2.38. The summed E-state index contributed by atoms with van der Waals surface area (Å²) in [6.45, 7) is 5.43. The van der Waals surface area contributed by atoms with E-state index in [4.69, 9.17) is 14.2 Å². The van der Waals surface area contributed by atoms with Gasteiger partial charge < -0.3 is 14.2 Å². The minimum Gasteiger partial charge on any atom is -0.493 e. The number of methoxy groups -OCH3 is 3. The standard InChI is InChI=1S/C13H17NO3/c1-6-10(14-2)9-7-11(15-3)13(17-5)12(8-9)16-4/h6-8H,2H2,1,3-5H3/b10-6-. The average molecular weight is 235 g/mol. The Bertz CT molecular complexity index is 413. The predicted molar refractivity (Wildman–Crippen MR) is 69.3 cm³/mol. The van der Waals surface area contributed by atoms with E-state index < -0.39 is 0 Å². The summed E-state index contributed by atoms with van der Waals surface area (Å²) in [4.78, 5) is 3.94. The highest BCUT2D eigenvalue weighted by molar-refractivity contribution is 5.72. The van der Waals surface area contributed by atoms with Gasteiger partial charge >= 0.3 is 0 Å². The highest BCUT2D eigenvalue weighted by Crippen LogP contribution is 2.39. The van der Waals surface area contributed by atoms with Crippen LogP contribution in [0.3, 0.4) is 0 Å². The molecule has 0 N–H and O–H groups in total. The Balaban J connectivity index is 3.41. The van der Waals surface area contributed by atoms with Crippen LogP contribution in [0.4, 0.5) is 0 Å². The van der Waals surface area contributed by atoms with Crippen LogP contribution in [-0.4, -0.2) is 28.0 Å². The second-order valence-corrected chi connectivity index (χ2v) is 3.25. The summed E-state index contributed by atoms with van der Waals surface area (Å²) < 4.78 is 15.8. The fourth-order valence-corrected chi connectivity index (χ4v) is 1.58. The summed E-state index contributed by atoms with van der Waals surface area (Å²) >= 11 is 0. The van der Waals surface area contributed by atoms with Crippen molar-refractivity contribution in [3.8, 4) is 17.2 Å². The minimum absolute atomic E-state index is 0.568. The van der Waals surface area contributed by atoms with Crippen LogP contribution < -0.4 is 14.2 Å². The predicted octanol–water partition coefficient (Wildman–Crippen LogP) is 2.77. The van der Waals surface area contributed by atoms with Gasteiger partial charge in [0.1, 0.15) is 0 Å². The molecule has 0 bridgehead atoms. The van der Waals surface area contributed by atoms with Crippen LogP contribution in [0.1, 0.15) is 12.5 Å². The summed E-state index contributed by atoms with van der Waals surface area (Å²) in [6.07, 6.45) is 1.87. The summed E-state index contributed by atoms with van der Waals surface area (Å²) in [5.74, 6) is 1.77. The molecule has 1 rings (SSSR count). The number of benzene rings is 1. The van der Waals surface area contributed by atoms with Crippen molar-refractivity contribution in [1.29, 1.82) is 0 Å². The zero-order chi connectivity index (χ0) is 12.8. The summed E-state index contributed by atoms with van der Waals surface area (Å²) in [5.41, 5.74) is 1.64. The zero-order valence-electron chi connectivity index (χ0n) is 10.6. The van der Waals surface area contributed by atoms with Crippen molar-refractivity contribution in [3.05, 3.63) is 23.8 Å². The number of aliphatic imine (C=N–C) groups is 1. The van der Waals surface area contributed by atoms with Gasteiger partial charge in [0, 0.05) is 5.56 Å². The fraction of sp³-hybridized carbons (Fsp3) is 0.308. The molecule has 4 nitrogen and oxygen atoms in total. The zero-order valence-corrected chi connectivity index (χ0v) is 10.6. The molecule has 0 amide bonds. The molecule has 0 atom stereocenters. The lowest BCUT2D eigenvalue weighted by Gasteiger charge is -2.14. The van der Waals surface area contributed by atoms with Gasteiger partial charge in [-0.1, -0.05) is 6.08 Å². The number of hydrogen-bond donors (Lipinski definition) is 0. The van der Waals surface area contributed by atoms with Gasteiger partial charge in [-0.3, -0.25) is 4.99 Å². The van der Waals surface area contributed by atoms with Gasteiger partial charge in [0.2, 0.25) is 5.75 Å². The molecule has 0 saturated heterocycles. The first kappa shape index (κ1) is 13.1. The Morgan fingerprint density at radius 2 is 1.65 bits per heavy atom. The molecule has 0 saturated carbocycles. The van der Waals surface area contributed by atoms with Crippen LogP contribution in [0.25, 0.3) is 5.70 Å². The third-order valence-corrected chi connectivity index (χ3v) is 2.40. The van der Waals surface area contributed by atoms with Crippen LogP contribution in [0, 0.1) is 0 Å². The molecule has 1 aromatic carbocycles. The van der Waals surface area contributed by atoms with E-state index >= 15 is 0 Å². The normalized spacial score (nSPS) is 10.9. The monoisotopic (exact) mass is 235 g/mol. The topological polar surface area (TPSA) is 40.0 Å². The first-order chi connectivity index (χ1) is 8.21. The quantitative estimate of drug-likeness (QED) is 0.737. The summed E-state index contributed by atoms with van der Waals surface area (Å²) in [7, 11) is 4.73. The second-order valence-electron chi connectivity index (χ2n) is 3.25. The van der Waals surface area contributed by atoms with Gasteiger partial charge in [0.15, 0.2) is 11.5 Å². The van der Waals surface area contributed by atoms with E-state index in [1.165, 1.54) is 0 Å². The Labute approximate surface area is 102 Å². The SMILES string of the molecule is C=N/C(=C\C)c1cc(OC)c(OC)c(OC)c1. The first-order valence-electron chi connectivity index (χ1n) is 5.15. The number of rotatable bonds is 5. The Hall–Kier alpha value is -1.97. The molecule has 92 valence electrons. The van der Waals surface area contributed by atoms with E-state index in [1.54, 1.807) is 21.3 Å². The van der Waals surface area contributed by atoms with Crippen molar-refractivity contribution in [3.63, 3.8) is 0 Å². The van der Waals surface area contributed by atoms with Crippen LogP contribution in [0.15, 0.2) is 23.2 Å². The molecule has 0 aliphatic carbocycles. The molecule has 0 fully saturated rings. The number of ether oxygens (including phenoxy) is 3. The molecule has 0 unspecified atom stereocenters. The lowest BCUT2D eigenvalue weighted by atomic mass is 10.1. The van der Waals surface area contributed by atoms with Crippen molar-refractivity contribution in [2.75, 3.05) is 21.3 Å². The minimum atomic E-state index is 0.568. The Kier molecular flexibility index (Phi) is 4.57. The lowest BCUT2D eigenvalue weighted by Crippen LogP contribution is -1.96. The van der Waals surface area contributed by atoms with Crippen LogP contribution in [0.2, 0.25) is 0 Å². The van der Waals surface area contributed by atoms with E-state index in [2.05, 4.69) is 11.7 Å². The third-order valence-electron chi connectivity index (χ3n) is 2.40. The van der Waals surface area contributed by atoms with Crippen molar-refractivity contribution in [2.45, 2.75) is 6.92 Å². The van der Waals surface area contributed by atoms with Gasteiger partial charge in [-0.2, -0.15) is 0 Å². The molecule has 0 aliphatic rings. The van der Waals surface area contributed by atoms with E-state index in [-0.39, 0.29) is 0 Å². The van der Waals surface area contributed by atoms with E-state index in [0.717, 1.165) is 11.3 Å². The highest BCUT2D eigenvalue weighted by Gasteiger charge is 2.14. The van der Waals surface area contributed by atoms with E-state index in [1.807, 2.05) is 25.1 Å². The Morgan fingerprint density at radius 1 is 1.12 bits per heavy atom. The van der Waals surface area contributed by atoms with Crippen LogP contribution in [0.5, 0.6) is 17.2 Å². The van der Waals surface area contributed by atoms with Gasteiger partial charge in [0.05, 0.1) is 27.0 Å². The van der Waals surface area contributed by atoms with Crippen molar-refractivity contribution in [2.24, 2.45) is 4.99 Å². The summed E-state index contributed by atoms with van der Waals surface area (Å²) in [5, 5.41) is 0. The van der Waals surface area contributed by atoms with Gasteiger partial charge in [-0.15, -0.1) is 0 Å². The van der Waals surface area contributed by atoms with Gasteiger partial charge in [-0.25, -0.2) is 0 Å². The van der Waals surface area contributed by atoms with Crippen molar-refractivity contribution >= 4 is 12.4 Å². The van der Waals surface area contributed by atoms with Crippen molar-refractivity contribution < 1.29 is 14.2 Å². The molecule has 17 heavy (non-hydrogen) atoms. The third kappa shape index (κ3) is 2.58. The van der Waals surface area contributed by atoms with Gasteiger partial charge in [0.25, 0.3) is 0 Å². The number of hydrogen-bond acceptors (Lipinski definition) is 4. The van der Waals surface area contributed by atoms with E-state index in [9.17, 15) is 0 Å². The largest absolute Gasteiger partial charge is 0.493 e. The number of allylic oxidation sites excluding steroid dienone is 1. The maximum absolute atomic E-state index is 5.26. The molecule has 0 radical (unpaired) electrons. The highest BCUT2D eigenvalue weighted by atomic mass is 16.5. The molecular weight excluding hydrogens is 218 g/mol. The second kappa shape index (κ2) is 5.94. The lowest BCUT2D eigenvalue weighted by molar-refractivity contribution is 0.324. The molecule has 0 heterocycles. The fourth-order valence-electron chi connectivity index (χ4n) is 1.58. The number of nitrogens with zero attached hydrogens (tertiary/aromatic N) is 1. The Morgan fingerprint density at radius 3 is 1.94 bits per heavy atom. The van der Waals surface area contributed by atoms with Crippen LogP contribution in [-0.2, 0) is 0 Å². The molecule has 1 aromatic rings. The van der Waals surface area contributed by atoms with E-state index in [0.29, 0.717) is 17.2 Å². The molecule has 0 aliphatic heterocycles. The smallest absolute Gasteiger partial charge is 0.203 e. The molecule has 4 heteroatoms. The molecule has 0 spiro atoms. The maximum atomic E-state index is 5.26. The molecular formula is C13H17NO3. The molecule has 0 aromatic heterocycles. The van der Waals surface area contributed by atoms with Crippen molar-refractivity contribution in [1.82, 2.24) is 0 Å². The summed E-state index contributed by atoms with van der Waals surface area (Å²) in [6, 6.07) is 3.68. The maximum Gasteiger partial charge on any atom is 0.203 e. The van der Waals surface area contributed by atoms with Gasteiger partial charge in [-0.05, 0) is 25.8 Å². The first-order valence-corrected chi connectivity index (χ1v) is 5.15. The van der Waals surface area contributed by atoms with Crippen LogP contribution >= 0.6 is 0 Å².